The van der Waals surface area contributed by atoms with Crippen LogP contribution in [0.2, 0.25) is 0 Å². The Kier molecular flexibility index (Phi) is 2.71. The molecule has 0 atom stereocenters. The largest absolute Gasteiger partial charge is 0.399 e. The maximum atomic E-state index is 5.75. The van der Waals surface area contributed by atoms with Crippen molar-refractivity contribution in [3.05, 3.63) is 42.5 Å². The molecule has 19 heavy (non-hydrogen) atoms. The fourth-order valence-corrected chi connectivity index (χ4v) is 1.81. The quantitative estimate of drug-likeness (QED) is 0.696. The van der Waals surface area contributed by atoms with Gasteiger partial charge >= 0.3 is 0 Å². The zero-order chi connectivity index (χ0) is 13.2. The lowest BCUT2D eigenvalue weighted by molar-refractivity contribution is 0.667. The van der Waals surface area contributed by atoms with Crippen LogP contribution in [0.25, 0.3) is 11.4 Å². The minimum absolute atomic E-state index is 0.545. The maximum Gasteiger partial charge on any atom is 0.181 e. The van der Waals surface area contributed by atoms with Gasteiger partial charge in [-0.1, -0.05) is 17.3 Å². The van der Waals surface area contributed by atoms with Crippen molar-refractivity contribution in [2.24, 2.45) is 7.05 Å². The first kappa shape index (κ1) is 11.4. The lowest BCUT2D eigenvalue weighted by Gasteiger charge is -1.97. The average Bonchev–Trinajstić information content (AvgIpc) is 2.99. The van der Waals surface area contributed by atoms with Crippen molar-refractivity contribution >= 4 is 5.69 Å². The highest BCUT2D eigenvalue weighted by atomic mass is 15.4. The van der Waals surface area contributed by atoms with E-state index < -0.39 is 0 Å². The lowest BCUT2D eigenvalue weighted by atomic mass is 10.2. The van der Waals surface area contributed by atoms with Gasteiger partial charge in [0.25, 0.3) is 0 Å². The van der Waals surface area contributed by atoms with Crippen LogP contribution in [0.4, 0.5) is 5.69 Å². The van der Waals surface area contributed by atoms with Crippen LogP contribution in [0, 0.1) is 0 Å². The molecular formula is C12H13N7. The van der Waals surface area contributed by atoms with Crippen molar-refractivity contribution in [3.8, 4) is 11.4 Å². The van der Waals surface area contributed by atoms with Gasteiger partial charge in [0, 0.05) is 24.5 Å². The Morgan fingerprint density at radius 2 is 2.21 bits per heavy atom. The molecule has 0 amide bonds. The molecule has 0 saturated heterocycles. The van der Waals surface area contributed by atoms with E-state index in [0.29, 0.717) is 18.1 Å². The topological polar surface area (TPSA) is 87.4 Å². The number of nitrogen functional groups attached to an aromatic ring is 1. The third-order valence-corrected chi connectivity index (χ3v) is 2.66. The number of aromatic nitrogens is 6. The van der Waals surface area contributed by atoms with Gasteiger partial charge in [0.2, 0.25) is 0 Å². The SMILES string of the molecule is Cn1cc(Cn2cnc(-c3cccc(N)c3)n2)nn1. The third-order valence-electron chi connectivity index (χ3n) is 2.66. The fourth-order valence-electron chi connectivity index (χ4n) is 1.81. The molecule has 0 aliphatic rings. The molecule has 1 aromatic carbocycles. The lowest BCUT2D eigenvalue weighted by Crippen LogP contribution is -2.00. The molecule has 3 aromatic rings. The van der Waals surface area contributed by atoms with Gasteiger partial charge in [0.1, 0.15) is 12.0 Å². The van der Waals surface area contributed by atoms with E-state index in [1.54, 1.807) is 15.7 Å². The number of anilines is 1. The van der Waals surface area contributed by atoms with Gasteiger partial charge < -0.3 is 5.73 Å². The Labute approximate surface area is 109 Å². The van der Waals surface area contributed by atoms with Crippen LogP contribution in [0.5, 0.6) is 0 Å². The van der Waals surface area contributed by atoms with E-state index in [0.717, 1.165) is 11.3 Å². The summed E-state index contributed by atoms with van der Waals surface area (Å²) in [5, 5.41) is 12.3. The molecule has 7 nitrogen and oxygen atoms in total. The number of hydrogen-bond acceptors (Lipinski definition) is 5. The summed E-state index contributed by atoms with van der Waals surface area (Å²) in [5.74, 6) is 0.649. The molecule has 0 radical (unpaired) electrons. The molecule has 96 valence electrons. The number of nitrogens with two attached hydrogens (primary N) is 1. The van der Waals surface area contributed by atoms with Gasteiger partial charge in [-0.25, -0.2) is 9.67 Å². The van der Waals surface area contributed by atoms with E-state index in [1.165, 1.54) is 0 Å². The summed E-state index contributed by atoms with van der Waals surface area (Å²) in [6, 6.07) is 7.49. The van der Waals surface area contributed by atoms with Crippen LogP contribution in [0.15, 0.2) is 36.8 Å². The molecule has 0 bridgehead atoms. The highest BCUT2D eigenvalue weighted by molar-refractivity contribution is 5.60. The summed E-state index contributed by atoms with van der Waals surface area (Å²) >= 11 is 0. The normalized spacial score (nSPS) is 10.8. The first-order chi connectivity index (χ1) is 9.20. The molecule has 7 heteroatoms. The fraction of sp³-hybridized carbons (Fsp3) is 0.167. The molecule has 0 fully saturated rings. The van der Waals surface area contributed by atoms with E-state index in [4.69, 9.17) is 5.73 Å². The van der Waals surface area contributed by atoms with Gasteiger partial charge in [-0.3, -0.25) is 4.68 Å². The van der Waals surface area contributed by atoms with Crippen molar-refractivity contribution in [1.82, 2.24) is 29.8 Å². The number of nitrogens with zero attached hydrogens (tertiary/aromatic N) is 6. The average molecular weight is 255 g/mol. The second kappa shape index (κ2) is 4.52. The molecule has 0 spiro atoms. The predicted octanol–water partition coefficient (Wildman–Crippen LogP) is 0.704. The summed E-state index contributed by atoms with van der Waals surface area (Å²) < 4.78 is 3.38. The van der Waals surface area contributed by atoms with Crippen molar-refractivity contribution in [2.75, 3.05) is 5.73 Å². The van der Waals surface area contributed by atoms with E-state index in [-0.39, 0.29) is 0 Å². The van der Waals surface area contributed by atoms with Crippen LogP contribution in [-0.2, 0) is 13.6 Å². The van der Waals surface area contributed by atoms with Crippen LogP contribution in [0.3, 0.4) is 0 Å². The monoisotopic (exact) mass is 255 g/mol. The van der Waals surface area contributed by atoms with Crippen molar-refractivity contribution in [3.63, 3.8) is 0 Å². The molecule has 0 aliphatic heterocycles. The van der Waals surface area contributed by atoms with Gasteiger partial charge in [0.15, 0.2) is 5.82 Å². The highest BCUT2D eigenvalue weighted by Gasteiger charge is 2.06. The minimum atomic E-state index is 0.545. The van der Waals surface area contributed by atoms with E-state index in [1.807, 2.05) is 37.5 Å². The zero-order valence-electron chi connectivity index (χ0n) is 10.4. The molecule has 0 aliphatic carbocycles. The van der Waals surface area contributed by atoms with Gasteiger partial charge in [-0.05, 0) is 12.1 Å². The van der Waals surface area contributed by atoms with Gasteiger partial charge in [-0.15, -0.1) is 5.10 Å². The van der Waals surface area contributed by atoms with E-state index in [2.05, 4.69) is 20.4 Å². The maximum absolute atomic E-state index is 5.75. The number of benzene rings is 1. The number of hydrogen-bond donors (Lipinski definition) is 1. The van der Waals surface area contributed by atoms with Gasteiger partial charge in [0.05, 0.1) is 6.54 Å². The van der Waals surface area contributed by atoms with E-state index >= 15 is 0 Å². The molecular weight excluding hydrogens is 242 g/mol. The molecule has 0 saturated carbocycles. The van der Waals surface area contributed by atoms with Crippen LogP contribution in [0.1, 0.15) is 5.69 Å². The Morgan fingerprint density at radius 1 is 1.32 bits per heavy atom. The van der Waals surface area contributed by atoms with Crippen LogP contribution < -0.4 is 5.73 Å². The number of rotatable bonds is 3. The second-order valence-corrected chi connectivity index (χ2v) is 4.27. The molecule has 2 N–H and O–H groups in total. The van der Waals surface area contributed by atoms with Crippen LogP contribution in [-0.4, -0.2) is 29.8 Å². The Bertz CT molecular complexity index is 697. The van der Waals surface area contributed by atoms with Gasteiger partial charge in [-0.2, -0.15) is 5.10 Å². The van der Waals surface area contributed by atoms with Crippen molar-refractivity contribution in [1.29, 1.82) is 0 Å². The molecule has 0 unspecified atom stereocenters. The zero-order valence-corrected chi connectivity index (χ0v) is 10.4. The first-order valence-electron chi connectivity index (χ1n) is 5.81. The molecule has 3 rings (SSSR count). The summed E-state index contributed by atoms with van der Waals surface area (Å²) in [5.41, 5.74) is 8.18. The second-order valence-electron chi connectivity index (χ2n) is 4.27. The Hall–Kier alpha value is -2.70. The highest BCUT2D eigenvalue weighted by Crippen LogP contribution is 2.17. The summed E-state index contributed by atoms with van der Waals surface area (Å²) in [4.78, 5) is 4.27. The van der Waals surface area contributed by atoms with Crippen molar-refractivity contribution in [2.45, 2.75) is 6.54 Å². The molecule has 2 aromatic heterocycles. The first-order valence-corrected chi connectivity index (χ1v) is 5.81. The summed E-state index contributed by atoms with van der Waals surface area (Å²) in [7, 11) is 1.83. The Balaban J connectivity index is 1.83. The van der Waals surface area contributed by atoms with E-state index in [9.17, 15) is 0 Å². The standard InChI is InChI=1S/C12H13N7/c1-18-6-11(15-17-18)7-19-8-14-12(16-19)9-3-2-4-10(13)5-9/h2-6,8H,7,13H2,1H3. The predicted molar refractivity (Wildman–Crippen MR) is 70.0 cm³/mol. The minimum Gasteiger partial charge on any atom is -0.399 e. The molecule has 2 heterocycles. The smallest absolute Gasteiger partial charge is 0.181 e. The summed E-state index contributed by atoms with van der Waals surface area (Å²) in [6.07, 6.45) is 3.52. The third kappa shape index (κ3) is 2.44. The Morgan fingerprint density at radius 3 is 2.95 bits per heavy atom. The van der Waals surface area contributed by atoms with Crippen molar-refractivity contribution < 1.29 is 0 Å². The van der Waals surface area contributed by atoms with Crippen LogP contribution >= 0.6 is 0 Å². The summed E-state index contributed by atoms with van der Waals surface area (Å²) in [6.45, 7) is 0.545. The number of aryl methyl sites for hydroxylation is 1.